The van der Waals surface area contributed by atoms with Gasteiger partial charge in [-0.25, -0.2) is 0 Å². The molecular formula is C27H43NO8. The zero-order valence-electron chi connectivity index (χ0n) is 22.4. The van der Waals surface area contributed by atoms with Crippen molar-refractivity contribution in [3.05, 3.63) is 0 Å². The first-order valence-electron chi connectivity index (χ1n) is 13.6. The first-order valence-corrected chi connectivity index (χ1v) is 13.6. The highest BCUT2D eigenvalue weighted by Gasteiger charge is 2.91. The number of nitrogens with zero attached hydrogens (tertiary/aromatic N) is 1. The van der Waals surface area contributed by atoms with Gasteiger partial charge < -0.3 is 33.9 Å². The lowest BCUT2D eigenvalue weighted by molar-refractivity contribution is -0.319. The van der Waals surface area contributed by atoms with Crippen molar-refractivity contribution in [3.8, 4) is 0 Å². The smallest absolute Gasteiger partial charge is 0.302 e. The number of fused-ring (bicyclic) bond motifs is 2. The fourth-order valence-electron chi connectivity index (χ4n) is 11.3. The van der Waals surface area contributed by atoms with Crippen molar-refractivity contribution < 1.29 is 38.7 Å². The topological polar surface area (TPSA) is 107 Å². The van der Waals surface area contributed by atoms with Crippen LogP contribution in [0.25, 0.3) is 0 Å². The summed E-state index contributed by atoms with van der Waals surface area (Å²) in [4.78, 5) is 14.7. The van der Waals surface area contributed by atoms with E-state index in [0.717, 1.165) is 32.4 Å². The third-order valence-corrected chi connectivity index (χ3v) is 11.8. The molecule has 0 aromatic carbocycles. The Morgan fingerprint density at radius 2 is 1.86 bits per heavy atom. The molecule has 1 unspecified atom stereocenters. The van der Waals surface area contributed by atoms with Gasteiger partial charge in [-0.3, -0.25) is 9.69 Å². The Kier molecular flexibility index (Phi) is 5.73. The second-order valence-electron chi connectivity index (χ2n) is 12.5. The minimum Gasteiger partial charge on any atom is -0.462 e. The number of hydrogen-bond donors (Lipinski definition) is 2. The third kappa shape index (κ3) is 2.55. The lowest BCUT2D eigenvalue weighted by atomic mass is 9.42. The molecule has 36 heavy (non-hydrogen) atoms. The number of aliphatic hydroxyl groups is 2. The molecule has 1 heterocycles. The number of hydrogen-bond acceptors (Lipinski definition) is 9. The molecular weight excluding hydrogens is 466 g/mol. The predicted molar refractivity (Wildman–Crippen MR) is 128 cm³/mol. The molecule has 6 aliphatic rings. The summed E-state index contributed by atoms with van der Waals surface area (Å²) in [7, 11) is 6.83. The fourth-order valence-corrected chi connectivity index (χ4v) is 11.3. The molecule has 0 aromatic rings. The van der Waals surface area contributed by atoms with Gasteiger partial charge in [0, 0.05) is 76.9 Å². The van der Waals surface area contributed by atoms with E-state index in [1.807, 2.05) is 0 Å². The SMILES string of the molecule is CCN1C[C@]2(COC)CC[C@H](OC)[C@]34C1[C@@](O)([C@@H](OC)[C@H]23)[C@@]1(O)C[C@H](OC)[C@H]2C[C@@H]4[C@@H]1[C@H]2OC(C)=O. The normalized spacial score (nSPS) is 56.6. The van der Waals surface area contributed by atoms with E-state index in [2.05, 4.69) is 11.8 Å². The standard InChI is InChI=1S/C27H43NO8/c1-7-28-12-24(13-32-3)9-8-18(34-5)26-16-10-15-17(33-4)11-25(30,19(16)20(15)36-14(2)29)27(31,23(26)28)22(35-6)21(24)26/h15-23,30-31H,7-13H2,1-6H3/t15-,16-,17+,18+,19-,20+,21-,22+,23?,24+,25-,26+,27+/m1/s1. The number of esters is 1. The minimum absolute atomic E-state index is 0.0248. The van der Waals surface area contributed by atoms with Crippen LogP contribution in [0.4, 0.5) is 0 Å². The summed E-state index contributed by atoms with van der Waals surface area (Å²) in [5, 5.41) is 26.0. The monoisotopic (exact) mass is 509 g/mol. The van der Waals surface area contributed by atoms with Gasteiger partial charge >= 0.3 is 5.97 Å². The number of likely N-dealkylation sites (tertiary alicyclic amines) is 1. The van der Waals surface area contributed by atoms with Crippen LogP contribution in [0.2, 0.25) is 0 Å². The van der Waals surface area contributed by atoms with Gasteiger partial charge in [0.15, 0.2) is 0 Å². The zero-order chi connectivity index (χ0) is 25.8. The van der Waals surface area contributed by atoms with Crippen molar-refractivity contribution in [3.63, 3.8) is 0 Å². The quantitative estimate of drug-likeness (QED) is 0.483. The lowest BCUT2D eigenvalue weighted by Crippen LogP contribution is -2.82. The Morgan fingerprint density at radius 1 is 1.11 bits per heavy atom. The van der Waals surface area contributed by atoms with E-state index in [1.165, 1.54) is 6.92 Å². The number of rotatable bonds is 7. The Bertz CT molecular complexity index is 918. The van der Waals surface area contributed by atoms with Crippen LogP contribution < -0.4 is 0 Å². The number of carbonyl (C=O) groups is 1. The second kappa shape index (κ2) is 8.10. The molecule has 5 saturated carbocycles. The van der Waals surface area contributed by atoms with Crippen LogP contribution in [0, 0.1) is 34.5 Å². The highest BCUT2D eigenvalue weighted by atomic mass is 16.6. The molecule has 9 heteroatoms. The average Bonchev–Trinajstić information content (AvgIpc) is 3.23. The zero-order valence-corrected chi connectivity index (χ0v) is 22.4. The number of piperidine rings is 1. The maximum absolute atomic E-state index is 13.1. The van der Waals surface area contributed by atoms with Gasteiger partial charge in [0.1, 0.15) is 17.3 Å². The summed E-state index contributed by atoms with van der Waals surface area (Å²) in [6, 6.07) is -0.348. The van der Waals surface area contributed by atoms with Crippen molar-refractivity contribution in [1.82, 2.24) is 4.90 Å². The molecule has 1 saturated heterocycles. The molecule has 6 rings (SSSR count). The first kappa shape index (κ1) is 25.5. The third-order valence-electron chi connectivity index (χ3n) is 11.8. The summed E-state index contributed by atoms with van der Waals surface area (Å²) in [6.45, 7) is 5.62. The lowest BCUT2D eigenvalue weighted by Gasteiger charge is -2.70. The highest BCUT2D eigenvalue weighted by molar-refractivity contribution is 5.66. The van der Waals surface area contributed by atoms with Gasteiger partial charge in [0.05, 0.1) is 31.0 Å². The molecule has 0 aromatic heterocycles. The number of carbonyl (C=O) groups excluding carboxylic acids is 1. The summed E-state index contributed by atoms with van der Waals surface area (Å²) in [6.07, 6.45) is 1.20. The summed E-state index contributed by atoms with van der Waals surface area (Å²) >= 11 is 0. The van der Waals surface area contributed by atoms with Gasteiger partial charge in [0.25, 0.3) is 0 Å². The van der Waals surface area contributed by atoms with E-state index in [-0.39, 0.29) is 53.8 Å². The van der Waals surface area contributed by atoms with Crippen molar-refractivity contribution in [2.75, 3.05) is 48.1 Å². The maximum atomic E-state index is 13.1. The predicted octanol–water partition coefficient (Wildman–Crippen LogP) is 0.842. The van der Waals surface area contributed by atoms with E-state index in [1.54, 1.807) is 28.4 Å². The van der Waals surface area contributed by atoms with E-state index in [0.29, 0.717) is 6.61 Å². The molecule has 2 N–H and O–H groups in total. The Balaban J connectivity index is 1.66. The molecule has 1 spiro atoms. The van der Waals surface area contributed by atoms with Gasteiger partial charge in [0.2, 0.25) is 0 Å². The minimum atomic E-state index is -1.59. The van der Waals surface area contributed by atoms with Crippen LogP contribution in [-0.2, 0) is 28.5 Å². The van der Waals surface area contributed by atoms with Crippen LogP contribution in [0.3, 0.4) is 0 Å². The Labute approximate surface area is 213 Å². The van der Waals surface area contributed by atoms with E-state index in [4.69, 9.17) is 23.7 Å². The molecule has 13 atom stereocenters. The highest BCUT2D eigenvalue weighted by Crippen LogP contribution is 2.80. The van der Waals surface area contributed by atoms with Gasteiger partial charge in [-0.15, -0.1) is 0 Å². The summed E-state index contributed by atoms with van der Waals surface area (Å²) in [5.41, 5.74) is -3.87. The molecule has 1 aliphatic heterocycles. The molecule has 7 bridgehead atoms. The van der Waals surface area contributed by atoms with Crippen LogP contribution in [0.5, 0.6) is 0 Å². The van der Waals surface area contributed by atoms with Crippen molar-refractivity contribution in [2.45, 2.75) is 81.2 Å². The van der Waals surface area contributed by atoms with E-state index < -0.39 is 34.7 Å². The van der Waals surface area contributed by atoms with Crippen LogP contribution in [0.1, 0.15) is 39.5 Å². The molecule has 0 amide bonds. The summed E-state index contributed by atoms with van der Waals surface area (Å²) < 4.78 is 30.5. The second-order valence-corrected chi connectivity index (χ2v) is 12.5. The van der Waals surface area contributed by atoms with Gasteiger partial charge in [-0.1, -0.05) is 6.92 Å². The number of likely N-dealkylation sites (N-methyl/N-ethyl adjacent to an activating group) is 1. The Morgan fingerprint density at radius 3 is 2.44 bits per heavy atom. The van der Waals surface area contributed by atoms with Crippen LogP contribution in [-0.4, -0.2) is 111 Å². The largest absolute Gasteiger partial charge is 0.462 e. The van der Waals surface area contributed by atoms with Gasteiger partial charge in [-0.05, 0) is 31.7 Å². The van der Waals surface area contributed by atoms with Crippen molar-refractivity contribution in [2.24, 2.45) is 34.5 Å². The maximum Gasteiger partial charge on any atom is 0.302 e. The van der Waals surface area contributed by atoms with Crippen LogP contribution in [0.15, 0.2) is 0 Å². The van der Waals surface area contributed by atoms with Crippen LogP contribution >= 0.6 is 0 Å². The van der Waals surface area contributed by atoms with Crippen molar-refractivity contribution in [1.29, 1.82) is 0 Å². The fraction of sp³-hybridized carbons (Fsp3) is 0.963. The number of methoxy groups -OCH3 is 4. The molecule has 9 nitrogen and oxygen atoms in total. The first-order chi connectivity index (χ1) is 17.2. The number of ether oxygens (including phenoxy) is 5. The molecule has 0 radical (unpaired) electrons. The summed E-state index contributed by atoms with van der Waals surface area (Å²) in [5.74, 6) is -0.924. The average molecular weight is 510 g/mol. The Hall–Kier alpha value is -0.810. The van der Waals surface area contributed by atoms with Crippen molar-refractivity contribution >= 4 is 5.97 Å². The molecule has 6 fully saturated rings. The van der Waals surface area contributed by atoms with Gasteiger partial charge in [-0.2, -0.15) is 0 Å². The molecule has 204 valence electrons. The van der Waals surface area contributed by atoms with E-state index >= 15 is 0 Å². The van der Waals surface area contributed by atoms with E-state index in [9.17, 15) is 15.0 Å². The molecule has 5 aliphatic carbocycles.